The van der Waals surface area contributed by atoms with Gasteiger partial charge in [-0.3, -0.25) is 4.98 Å². The molecule has 27 heavy (non-hydrogen) atoms. The highest BCUT2D eigenvalue weighted by atomic mass is 16.5. The summed E-state index contributed by atoms with van der Waals surface area (Å²) in [5, 5.41) is 0. The Labute approximate surface area is 164 Å². The number of pyridine rings is 1. The molecule has 1 heterocycles. The maximum atomic E-state index is 6.12. The molecule has 0 amide bonds. The first kappa shape index (κ1) is 19.7. The first-order valence-corrected chi connectivity index (χ1v) is 10.0. The van der Waals surface area contributed by atoms with Gasteiger partial charge < -0.3 is 9.47 Å². The van der Waals surface area contributed by atoms with Crippen LogP contribution in [0.25, 0.3) is 0 Å². The van der Waals surface area contributed by atoms with Gasteiger partial charge in [0, 0.05) is 12.4 Å². The van der Waals surface area contributed by atoms with E-state index in [1.807, 2.05) is 12.1 Å². The van der Waals surface area contributed by atoms with Crippen LogP contribution >= 0.6 is 0 Å². The first-order chi connectivity index (χ1) is 12.8. The summed E-state index contributed by atoms with van der Waals surface area (Å²) in [5.74, 6) is 3.58. The molecule has 1 aromatic heterocycles. The van der Waals surface area contributed by atoms with Gasteiger partial charge in [0.05, 0.1) is 7.11 Å². The quantitative estimate of drug-likeness (QED) is 0.648. The normalized spacial score (nSPS) is 19.7. The fourth-order valence-electron chi connectivity index (χ4n) is 4.58. The molecule has 1 aromatic carbocycles. The van der Waals surface area contributed by atoms with Gasteiger partial charge in [-0.05, 0) is 77.0 Å². The summed E-state index contributed by atoms with van der Waals surface area (Å²) in [7, 11) is 1.73. The van der Waals surface area contributed by atoms with Crippen LogP contribution in [0.3, 0.4) is 0 Å². The second-order valence-electron chi connectivity index (χ2n) is 9.14. The summed E-state index contributed by atoms with van der Waals surface area (Å²) < 4.78 is 11.8. The minimum atomic E-state index is 0.217. The number of aryl methyl sites for hydroxylation is 1. The van der Waals surface area contributed by atoms with Crippen LogP contribution in [0.15, 0.2) is 36.7 Å². The summed E-state index contributed by atoms with van der Waals surface area (Å²) >= 11 is 0. The summed E-state index contributed by atoms with van der Waals surface area (Å²) in [4.78, 5) is 4.06. The smallest absolute Gasteiger partial charge is 0.161 e. The van der Waals surface area contributed by atoms with E-state index in [1.54, 1.807) is 19.5 Å². The van der Waals surface area contributed by atoms with Crippen molar-refractivity contribution < 1.29 is 9.47 Å². The number of benzene rings is 1. The highest BCUT2D eigenvalue weighted by Gasteiger charge is 2.39. The predicted molar refractivity (Wildman–Crippen MR) is 110 cm³/mol. The van der Waals surface area contributed by atoms with E-state index >= 15 is 0 Å². The van der Waals surface area contributed by atoms with E-state index in [4.69, 9.17) is 9.47 Å². The standard InChI is InChI=1S/C24H33NO2/c1-16(2)19-8-7-18-13-22(27-15-17-9-11-25-12-10-17)21(26-6)14-20(18)23(19)24(3,4)5/h9-14,16,19,23H,7-8,15H2,1-6H3. The van der Waals surface area contributed by atoms with E-state index in [1.165, 1.54) is 17.5 Å². The number of methoxy groups -OCH3 is 1. The fourth-order valence-corrected chi connectivity index (χ4v) is 4.58. The van der Waals surface area contributed by atoms with E-state index in [2.05, 4.69) is 51.7 Å². The number of ether oxygens (including phenoxy) is 2. The maximum Gasteiger partial charge on any atom is 0.161 e. The highest BCUT2D eigenvalue weighted by Crippen LogP contribution is 2.51. The molecule has 2 atom stereocenters. The first-order valence-electron chi connectivity index (χ1n) is 10.0. The zero-order valence-corrected chi connectivity index (χ0v) is 17.6. The summed E-state index contributed by atoms with van der Waals surface area (Å²) in [6.07, 6.45) is 5.94. The summed E-state index contributed by atoms with van der Waals surface area (Å²) in [6.45, 7) is 12.3. The second-order valence-corrected chi connectivity index (χ2v) is 9.14. The monoisotopic (exact) mass is 367 g/mol. The van der Waals surface area contributed by atoms with Gasteiger partial charge >= 0.3 is 0 Å². The Hall–Kier alpha value is -2.03. The Balaban J connectivity index is 1.95. The van der Waals surface area contributed by atoms with Gasteiger partial charge in [0.1, 0.15) is 6.61 Å². The van der Waals surface area contributed by atoms with E-state index in [0.29, 0.717) is 24.4 Å². The second kappa shape index (κ2) is 7.92. The molecule has 0 saturated carbocycles. The Morgan fingerprint density at radius 2 is 1.81 bits per heavy atom. The molecule has 3 nitrogen and oxygen atoms in total. The average Bonchev–Trinajstić information content (AvgIpc) is 2.64. The van der Waals surface area contributed by atoms with Crippen molar-refractivity contribution in [1.82, 2.24) is 4.98 Å². The molecule has 0 spiro atoms. The molecule has 2 aromatic rings. The molecule has 3 heteroatoms. The van der Waals surface area contributed by atoms with Crippen LogP contribution in [0.2, 0.25) is 0 Å². The highest BCUT2D eigenvalue weighted by molar-refractivity contribution is 5.50. The largest absolute Gasteiger partial charge is 0.493 e. The molecule has 2 unspecified atom stereocenters. The van der Waals surface area contributed by atoms with Gasteiger partial charge in [-0.25, -0.2) is 0 Å². The molecular formula is C24H33NO2. The van der Waals surface area contributed by atoms with Crippen LogP contribution in [0.4, 0.5) is 0 Å². The molecule has 0 bridgehead atoms. The van der Waals surface area contributed by atoms with Gasteiger partial charge in [-0.15, -0.1) is 0 Å². The number of rotatable bonds is 5. The number of fused-ring (bicyclic) bond motifs is 1. The van der Waals surface area contributed by atoms with Crippen LogP contribution in [0.5, 0.6) is 11.5 Å². The SMILES string of the molecule is COc1cc2c(cc1OCc1ccncc1)CCC(C(C)C)C2C(C)(C)C. The molecule has 1 aliphatic carbocycles. The third kappa shape index (κ3) is 4.28. The lowest BCUT2D eigenvalue weighted by atomic mass is 9.61. The molecule has 1 aliphatic rings. The van der Waals surface area contributed by atoms with Gasteiger partial charge in [0.15, 0.2) is 11.5 Å². The lowest BCUT2D eigenvalue weighted by molar-refractivity contribution is 0.169. The number of hydrogen-bond donors (Lipinski definition) is 0. The molecular weight excluding hydrogens is 334 g/mol. The van der Waals surface area contributed by atoms with Crippen molar-refractivity contribution in [3.63, 3.8) is 0 Å². The maximum absolute atomic E-state index is 6.12. The number of nitrogens with zero attached hydrogens (tertiary/aromatic N) is 1. The zero-order chi connectivity index (χ0) is 19.6. The Morgan fingerprint density at radius 1 is 1.11 bits per heavy atom. The summed E-state index contributed by atoms with van der Waals surface area (Å²) in [6, 6.07) is 8.41. The van der Waals surface area contributed by atoms with Crippen LogP contribution in [-0.2, 0) is 13.0 Å². The minimum Gasteiger partial charge on any atom is -0.493 e. The Bertz CT molecular complexity index is 762. The van der Waals surface area contributed by atoms with Crippen molar-refractivity contribution in [2.75, 3.05) is 7.11 Å². The van der Waals surface area contributed by atoms with Crippen molar-refractivity contribution in [3.8, 4) is 11.5 Å². The van der Waals surface area contributed by atoms with Gasteiger partial charge in [0.2, 0.25) is 0 Å². The van der Waals surface area contributed by atoms with Gasteiger partial charge in [0.25, 0.3) is 0 Å². The molecule has 0 N–H and O–H groups in total. The van der Waals surface area contributed by atoms with Crippen LogP contribution in [0.1, 0.15) is 63.6 Å². The van der Waals surface area contributed by atoms with E-state index in [-0.39, 0.29) is 5.41 Å². The lowest BCUT2D eigenvalue weighted by Crippen LogP contribution is -2.33. The minimum absolute atomic E-state index is 0.217. The van der Waals surface area contributed by atoms with Crippen molar-refractivity contribution in [1.29, 1.82) is 0 Å². The zero-order valence-electron chi connectivity index (χ0n) is 17.6. The Morgan fingerprint density at radius 3 is 2.41 bits per heavy atom. The molecule has 0 aliphatic heterocycles. The molecule has 3 rings (SSSR count). The number of hydrogen-bond acceptors (Lipinski definition) is 3. The van der Waals surface area contributed by atoms with Gasteiger partial charge in [-0.2, -0.15) is 0 Å². The summed E-state index contributed by atoms with van der Waals surface area (Å²) in [5.41, 5.74) is 4.18. The molecule has 0 fully saturated rings. The van der Waals surface area contributed by atoms with Crippen LogP contribution in [-0.4, -0.2) is 12.1 Å². The topological polar surface area (TPSA) is 31.4 Å². The third-order valence-electron chi connectivity index (χ3n) is 5.87. The molecule has 0 saturated heterocycles. The van der Waals surface area contributed by atoms with Crippen LogP contribution in [0, 0.1) is 17.3 Å². The Kier molecular flexibility index (Phi) is 5.78. The van der Waals surface area contributed by atoms with Gasteiger partial charge in [-0.1, -0.05) is 34.6 Å². The molecule has 0 radical (unpaired) electrons. The van der Waals surface area contributed by atoms with Crippen molar-refractivity contribution >= 4 is 0 Å². The van der Waals surface area contributed by atoms with Crippen LogP contribution < -0.4 is 9.47 Å². The fraction of sp³-hybridized carbons (Fsp3) is 0.542. The number of aromatic nitrogens is 1. The molecule has 146 valence electrons. The van der Waals surface area contributed by atoms with E-state index in [9.17, 15) is 0 Å². The van der Waals surface area contributed by atoms with E-state index < -0.39 is 0 Å². The van der Waals surface area contributed by atoms with Crippen molar-refractivity contribution in [3.05, 3.63) is 53.3 Å². The average molecular weight is 368 g/mol. The van der Waals surface area contributed by atoms with Crippen molar-refractivity contribution in [2.24, 2.45) is 17.3 Å². The van der Waals surface area contributed by atoms with Crippen molar-refractivity contribution in [2.45, 2.75) is 60.0 Å². The van der Waals surface area contributed by atoms with E-state index in [0.717, 1.165) is 23.5 Å². The lowest BCUT2D eigenvalue weighted by Gasteiger charge is -2.44. The third-order valence-corrected chi connectivity index (χ3v) is 5.87. The predicted octanol–water partition coefficient (Wildman–Crippen LogP) is 6.02.